The Hall–Kier alpha value is -2.33. The second-order valence-electron chi connectivity index (χ2n) is 4.50. The highest BCUT2D eigenvalue weighted by molar-refractivity contribution is 6.33. The van der Waals surface area contributed by atoms with E-state index in [4.69, 9.17) is 17.3 Å². The molecule has 0 unspecified atom stereocenters. The van der Waals surface area contributed by atoms with Crippen molar-refractivity contribution in [2.24, 2.45) is 0 Å². The van der Waals surface area contributed by atoms with Crippen LogP contribution in [0.3, 0.4) is 0 Å². The molecule has 3 rings (SSSR count). The first-order chi connectivity index (χ1) is 9.65. The molecule has 2 aromatic carbocycles. The number of rotatable bonds is 2. The molecule has 0 atom stereocenters. The molecule has 0 bridgehead atoms. The van der Waals surface area contributed by atoms with E-state index in [9.17, 15) is 0 Å². The van der Waals surface area contributed by atoms with Crippen LogP contribution in [-0.4, -0.2) is 9.97 Å². The highest BCUT2D eigenvalue weighted by Gasteiger charge is 2.09. The number of nitrogens with zero attached hydrogens (tertiary/aromatic N) is 2. The molecule has 1 aromatic heterocycles. The Balaban J connectivity index is 2.09. The molecule has 3 aromatic rings. The molecule has 3 N–H and O–H groups in total. The van der Waals surface area contributed by atoms with Gasteiger partial charge in [0.25, 0.3) is 0 Å². The number of benzene rings is 2. The zero-order chi connectivity index (χ0) is 14.1. The molecule has 0 amide bonds. The number of halogens is 1. The van der Waals surface area contributed by atoms with Crippen molar-refractivity contribution in [1.29, 1.82) is 0 Å². The first-order valence-corrected chi connectivity index (χ1v) is 6.57. The Kier molecular flexibility index (Phi) is 3.16. The van der Waals surface area contributed by atoms with Gasteiger partial charge >= 0.3 is 0 Å². The summed E-state index contributed by atoms with van der Waals surface area (Å²) in [6.07, 6.45) is 0. The van der Waals surface area contributed by atoms with Crippen LogP contribution < -0.4 is 11.1 Å². The summed E-state index contributed by atoms with van der Waals surface area (Å²) in [6.45, 7) is 1.97. The van der Waals surface area contributed by atoms with Crippen LogP contribution in [0.15, 0.2) is 42.5 Å². The van der Waals surface area contributed by atoms with E-state index in [1.54, 1.807) is 0 Å². The van der Waals surface area contributed by atoms with Crippen LogP contribution in [-0.2, 0) is 0 Å². The van der Waals surface area contributed by atoms with E-state index in [0.29, 0.717) is 16.7 Å². The van der Waals surface area contributed by atoms with E-state index in [1.807, 2.05) is 49.4 Å². The number of anilines is 3. The second-order valence-corrected chi connectivity index (χ2v) is 4.91. The smallest absolute Gasteiger partial charge is 0.174 e. The van der Waals surface area contributed by atoms with Gasteiger partial charge in [-0.2, -0.15) is 0 Å². The van der Waals surface area contributed by atoms with Gasteiger partial charge in [-0.25, -0.2) is 9.97 Å². The van der Waals surface area contributed by atoms with Crippen LogP contribution in [0.1, 0.15) is 5.56 Å². The summed E-state index contributed by atoms with van der Waals surface area (Å²) >= 11 is 6.20. The Morgan fingerprint density at radius 3 is 2.40 bits per heavy atom. The highest BCUT2D eigenvalue weighted by Crippen LogP contribution is 2.30. The topological polar surface area (TPSA) is 63.8 Å². The zero-order valence-electron chi connectivity index (χ0n) is 10.9. The van der Waals surface area contributed by atoms with Crippen molar-refractivity contribution in [2.75, 3.05) is 11.1 Å². The van der Waals surface area contributed by atoms with Crippen molar-refractivity contribution in [2.45, 2.75) is 6.92 Å². The molecule has 1 heterocycles. The van der Waals surface area contributed by atoms with Crippen LogP contribution in [0.2, 0.25) is 5.02 Å². The average Bonchev–Trinajstić information content (AvgIpc) is 2.43. The second kappa shape index (κ2) is 4.98. The van der Waals surface area contributed by atoms with Crippen LogP contribution in [0, 0.1) is 6.92 Å². The van der Waals surface area contributed by atoms with Gasteiger partial charge < -0.3 is 11.1 Å². The van der Waals surface area contributed by atoms with Gasteiger partial charge in [0.15, 0.2) is 11.6 Å². The number of hydrogen-bond donors (Lipinski definition) is 2. The van der Waals surface area contributed by atoms with E-state index < -0.39 is 0 Å². The SMILES string of the molecule is Cc1cccc(Cl)c1Nc1nc2ccccc2nc1N. The van der Waals surface area contributed by atoms with Crippen LogP contribution in [0.4, 0.5) is 17.3 Å². The molecule has 0 saturated heterocycles. The predicted molar refractivity (Wildman–Crippen MR) is 83.4 cm³/mol. The molecule has 100 valence electrons. The number of aromatic nitrogens is 2. The monoisotopic (exact) mass is 284 g/mol. The van der Waals surface area contributed by atoms with Gasteiger partial charge in [-0.3, -0.25) is 0 Å². The number of hydrogen-bond acceptors (Lipinski definition) is 4. The lowest BCUT2D eigenvalue weighted by molar-refractivity contribution is 1.28. The van der Waals surface area contributed by atoms with Crippen LogP contribution in [0.5, 0.6) is 0 Å². The molecule has 0 spiro atoms. The van der Waals surface area contributed by atoms with Crippen molar-refractivity contribution < 1.29 is 0 Å². The summed E-state index contributed by atoms with van der Waals surface area (Å²) in [5, 5.41) is 3.79. The molecular formula is C15H13ClN4. The fourth-order valence-corrected chi connectivity index (χ4v) is 2.28. The molecule has 5 heteroatoms. The van der Waals surface area contributed by atoms with Gasteiger partial charge in [0.05, 0.1) is 21.7 Å². The van der Waals surface area contributed by atoms with Crippen molar-refractivity contribution in [3.05, 3.63) is 53.1 Å². The van der Waals surface area contributed by atoms with Gasteiger partial charge in [-0.05, 0) is 30.7 Å². The van der Waals surface area contributed by atoms with Crippen molar-refractivity contribution in [3.8, 4) is 0 Å². The van der Waals surface area contributed by atoms with E-state index in [-0.39, 0.29) is 0 Å². The molecule has 0 radical (unpaired) electrons. The minimum atomic E-state index is 0.350. The third kappa shape index (κ3) is 2.26. The highest BCUT2D eigenvalue weighted by atomic mass is 35.5. The Morgan fingerprint density at radius 2 is 1.70 bits per heavy atom. The number of nitrogens with two attached hydrogens (primary N) is 1. The van der Waals surface area contributed by atoms with Gasteiger partial charge in [0.1, 0.15) is 0 Å². The van der Waals surface area contributed by atoms with E-state index in [1.165, 1.54) is 0 Å². The molecule has 0 aliphatic heterocycles. The minimum Gasteiger partial charge on any atom is -0.381 e. The van der Waals surface area contributed by atoms with Gasteiger partial charge in [0, 0.05) is 0 Å². The summed E-state index contributed by atoms with van der Waals surface area (Å²) in [4.78, 5) is 8.84. The molecular weight excluding hydrogens is 272 g/mol. The first kappa shape index (κ1) is 12.7. The lowest BCUT2D eigenvalue weighted by atomic mass is 10.2. The standard InChI is InChI=1S/C15H13ClN4/c1-9-5-4-6-10(16)13(9)20-15-14(17)18-11-7-2-3-8-12(11)19-15/h2-8H,1H3,(H2,17,18)(H,19,20). The Bertz CT molecular complexity index is 766. The van der Waals surface area contributed by atoms with E-state index >= 15 is 0 Å². The lowest BCUT2D eigenvalue weighted by Gasteiger charge is -2.12. The maximum atomic E-state index is 6.20. The van der Waals surface area contributed by atoms with Crippen LogP contribution >= 0.6 is 11.6 Å². The molecule has 20 heavy (non-hydrogen) atoms. The van der Waals surface area contributed by atoms with Crippen molar-refractivity contribution in [1.82, 2.24) is 9.97 Å². The number of nitrogen functional groups attached to an aromatic ring is 1. The predicted octanol–water partition coefficient (Wildman–Crippen LogP) is 3.92. The average molecular weight is 285 g/mol. The fraction of sp³-hybridized carbons (Fsp3) is 0.0667. The summed E-state index contributed by atoms with van der Waals surface area (Å²) < 4.78 is 0. The van der Waals surface area contributed by atoms with Gasteiger partial charge in [-0.1, -0.05) is 35.9 Å². The number of nitrogens with one attached hydrogen (secondary N) is 1. The Morgan fingerprint density at radius 1 is 1.00 bits per heavy atom. The van der Waals surface area contributed by atoms with Crippen molar-refractivity contribution in [3.63, 3.8) is 0 Å². The zero-order valence-corrected chi connectivity index (χ0v) is 11.6. The minimum absolute atomic E-state index is 0.350. The molecule has 4 nitrogen and oxygen atoms in total. The maximum Gasteiger partial charge on any atom is 0.174 e. The number of fused-ring (bicyclic) bond motifs is 1. The summed E-state index contributed by atoms with van der Waals surface area (Å²) in [5.41, 5.74) is 9.33. The normalized spacial score (nSPS) is 10.7. The lowest BCUT2D eigenvalue weighted by Crippen LogP contribution is -2.03. The number of para-hydroxylation sites is 3. The molecule has 0 aliphatic rings. The summed E-state index contributed by atoms with van der Waals surface area (Å²) in [5.74, 6) is 0.864. The van der Waals surface area contributed by atoms with E-state index in [0.717, 1.165) is 22.3 Å². The van der Waals surface area contributed by atoms with Gasteiger partial charge in [-0.15, -0.1) is 0 Å². The first-order valence-electron chi connectivity index (χ1n) is 6.19. The van der Waals surface area contributed by atoms with Crippen molar-refractivity contribution >= 4 is 40.0 Å². The molecule has 0 saturated carbocycles. The number of aryl methyl sites for hydroxylation is 1. The third-order valence-electron chi connectivity index (χ3n) is 3.06. The maximum absolute atomic E-state index is 6.20. The quantitative estimate of drug-likeness (QED) is 0.749. The third-order valence-corrected chi connectivity index (χ3v) is 3.38. The van der Waals surface area contributed by atoms with Crippen LogP contribution in [0.25, 0.3) is 11.0 Å². The summed E-state index contributed by atoms with van der Waals surface area (Å²) in [7, 11) is 0. The Labute approximate surface area is 121 Å². The van der Waals surface area contributed by atoms with Gasteiger partial charge in [0.2, 0.25) is 0 Å². The molecule has 0 aliphatic carbocycles. The summed E-state index contributed by atoms with van der Waals surface area (Å²) in [6, 6.07) is 13.3. The fourth-order valence-electron chi connectivity index (χ4n) is 2.01. The largest absolute Gasteiger partial charge is 0.381 e. The van der Waals surface area contributed by atoms with E-state index in [2.05, 4.69) is 15.3 Å². The molecule has 0 fully saturated rings.